The molecule has 0 fully saturated rings. The second-order valence-electron chi connectivity index (χ2n) is 4.18. The number of carbonyl (C=O) groups is 2. The van der Waals surface area contributed by atoms with E-state index in [-0.39, 0.29) is 5.91 Å². The van der Waals surface area contributed by atoms with E-state index in [1.807, 2.05) is 17.5 Å². The number of carbonyl (C=O) groups excluding carboxylic acids is 2. The van der Waals surface area contributed by atoms with Gasteiger partial charge in [-0.25, -0.2) is 4.79 Å². The summed E-state index contributed by atoms with van der Waals surface area (Å²) in [4.78, 5) is 23.8. The average Bonchev–Trinajstić information content (AvgIpc) is 3.02. The third-order valence-electron chi connectivity index (χ3n) is 2.72. The van der Waals surface area contributed by atoms with Gasteiger partial charge in [0.05, 0.1) is 7.11 Å². The predicted molar refractivity (Wildman–Crippen MR) is 82.3 cm³/mol. The third-order valence-corrected chi connectivity index (χ3v) is 3.67. The molecule has 6 nitrogen and oxygen atoms in total. The molecule has 0 aliphatic rings. The van der Waals surface area contributed by atoms with E-state index in [9.17, 15) is 9.59 Å². The molecule has 21 heavy (non-hydrogen) atoms. The number of rotatable bonds is 4. The van der Waals surface area contributed by atoms with Crippen molar-refractivity contribution in [2.75, 3.05) is 17.7 Å². The number of nitrogens with one attached hydrogen (secondary N) is 2. The average molecular weight is 305 g/mol. The number of amides is 2. The number of ether oxygens (including phenoxy) is 1. The van der Waals surface area contributed by atoms with Gasteiger partial charge in [-0.2, -0.15) is 0 Å². The molecule has 0 spiro atoms. The van der Waals surface area contributed by atoms with Crippen molar-refractivity contribution in [2.24, 2.45) is 5.73 Å². The molecule has 1 aromatic carbocycles. The van der Waals surface area contributed by atoms with Crippen molar-refractivity contribution in [2.45, 2.75) is 6.04 Å². The molecule has 2 rings (SSSR count). The lowest BCUT2D eigenvalue weighted by Crippen LogP contribution is -2.26. The van der Waals surface area contributed by atoms with E-state index in [1.165, 1.54) is 18.4 Å². The Balaban J connectivity index is 1.97. The first-order chi connectivity index (χ1) is 10.1. The largest absolute Gasteiger partial charge is 0.453 e. The summed E-state index contributed by atoms with van der Waals surface area (Å²) in [6.45, 7) is 0. The van der Waals surface area contributed by atoms with E-state index in [4.69, 9.17) is 5.73 Å². The van der Waals surface area contributed by atoms with E-state index >= 15 is 0 Å². The molecule has 7 heteroatoms. The minimum atomic E-state index is -0.696. The molecule has 1 aromatic heterocycles. The highest BCUT2D eigenvalue weighted by Crippen LogP contribution is 2.19. The van der Waals surface area contributed by atoms with Gasteiger partial charge in [0.1, 0.15) is 6.04 Å². The Hall–Kier alpha value is -2.38. The number of hydrogen-bond acceptors (Lipinski definition) is 5. The van der Waals surface area contributed by atoms with Gasteiger partial charge < -0.3 is 15.8 Å². The molecule has 0 bridgehead atoms. The van der Waals surface area contributed by atoms with Gasteiger partial charge in [-0.3, -0.25) is 10.1 Å². The summed E-state index contributed by atoms with van der Waals surface area (Å²) in [6.07, 6.45) is -0.550. The maximum absolute atomic E-state index is 12.0. The Morgan fingerprint density at radius 3 is 2.29 bits per heavy atom. The van der Waals surface area contributed by atoms with Crippen LogP contribution >= 0.6 is 11.3 Å². The van der Waals surface area contributed by atoms with E-state index in [1.54, 1.807) is 24.3 Å². The molecular weight excluding hydrogens is 290 g/mol. The fraction of sp³-hybridized carbons (Fsp3) is 0.143. The highest BCUT2D eigenvalue weighted by molar-refractivity contribution is 7.10. The van der Waals surface area contributed by atoms with Gasteiger partial charge in [-0.05, 0) is 35.7 Å². The second kappa shape index (κ2) is 6.87. The summed E-state index contributed by atoms with van der Waals surface area (Å²) in [5, 5.41) is 7.11. The van der Waals surface area contributed by atoms with Crippen LogP contribution in [0.3, 0.4) is 0 Å². The molecule has 2 amide bonds. The van der Waals surface area contributed by atoms with Gasteiger partial charge >= 0.3 is 6.09 Å². The van der Waals surface area contributed by atoms with E-state index < -0.39 is 12.1 Å². The summed E-state index contributed by atoms with van der Waals surface area (Å²) in [7, 11) is 1.29. The highest BCUT2D eigenvalue weighted by Gasteiger charge is 2.16. The lowest BCUT2D eigenvalue weighted by atomic mass is 10.2. The van der Waals surface area contributed by atoms with Gasteiger partial charge in [0.15, 0.2) is 0 Å². The zero-order chi connectivity index (χ0) is 15.2. The second-order valence-corrected chi connectivity index (χ2v) is 5.16. The van der Waals surface area contributed by atoms with Crippen molar-refractivity contribution in [1.29, 1.82) is 0 Å². The topological polar surface area (TPSA) is 93.5 Å². The minimum absolute atomic E-state index is 0.286. The Bertz CT molecular complexity index is 611. The first-order valence-corrected chi connectivity index (χ1v) is 7.03. The van der Waals surface area contributed by atoms with Crippen LogP contribution < -0.4 is 16.4 Å². The SMILES string of the molecule is COC(=O)Nc1ccc(NC(=O)C(N)c2cccs2)cc1. The van der Waals surface area contributed by atoms with E-state index in [2.05, 4.69) is 15.4 Å². The first kappa shape index (κ1) is 15.0. The van der Waals surface area contributed by atoms with Crippen molar-refractivity contribution >= 4 is 34.7 Å². The molecule has 0 saturated carbocycles. The molecule has 1 heterocycles. The van der Waals surface area contributed by atoms with Crippen LogP contribution in [0.5, 0.6) is 0 Å². The van der Waals surface area contributed by atoms with Gasteiger partial charge in [0.25, 0.3) is 0 Å². The van der Waals surface area contributed by atoms with Crippen LogP contribution in [-0.4, -0.2) is 19.1 Å². The zero-order valence-corrected chi connectivity index (χ0v) is 12.1. The Labute approximate surface area is 125 Å². The van der Waals surface area contributed by atoms with Crippen LogP contribution in [0.4, 0.5) is 16.2 Å². The quantitative estimate of drug-likeness (QED) is 0.809. The number of nitrogens with two attached hydrogens (primary N) is 1. The van der Waals surface area contributed by atoms with E-state index in [0.29, 0.717) is 11.4 Å². The number of hydrogen-bond donors (Lipinski definition) is 3. The highest BCUT2D eigenvalue weighted by atomic mass is 32.1. The number of anilines is 2. The standard InChI is InChI=1S/C14H15N3O3S/c1-20-14(19)17-10-6-4-9(5-7-10)16-13(18)12(15)11-3-2-8-21-11/h2-8,12H,15H2,1H3,(H,16,18)(H,17,19). The van der Waals surface area contributed by atoms with Crippen LogP contribution in [-0.2, 0) is 9.53 Å². The van der Waals surface area contributed by atoms with Crippen LogP contribution in [0, 0.1) is 0 Å². The van der Waals surface area contributed by atoms with Gasteiger partial charge in [0.2, 0.25) is 5.91 Å². The van der Waals surface area contributed by atoms with Crippen LogP contribution in [0.2, 0.25) is 0 Å². The van der Waals surface area contributed by atoms with Crippen molar-refractivity contribution in [1.82, 2.24) is 0 Å². The lowest BCUT2D eigenvalue weighted by molar-refractivity contribution is -0.117. The van der Waals surface area contributed by atoms with Crippen molar-refractivity contribution in [3.63, 3.8) is 0 Å². The summed E-state index contributed by atoms with van der Waals surface area (Å²) >= 11 is 1.43. The van der Waals surface area contributed by atoms with Gasteiger partial charge in [-0.15, -0.1) is 11.3 Å². The Kier molecular flexibility index (Phi) is 4.91. The smallest absolute Gasteiger partial charge is 0.411 e. The van der Waals surface area contributed by atoms with Gasteiger partial charge in [-0.1, -0.05) is 6.07 Å². The molecule has 4 N–H and O–H groups in total. The maximum Gasteiger partial charge on any atom is 0.411 e. The predicted octanol–water partition coefficient (Wildman–Crippen LogP) is 2.56. The molecule has 110 valence electrons. The van der Waals surface area contributed by atoms with Crippen LogP contribution in [0.25, 0.3) is 0 Å². The summed E-state index contributed by atoms with van der Waals surface area (Å²) in [5.74, 6) is -0.286. The first-order valence-electron chi connectivity index (χ1n) is 6.15. The molecule has 1 atom stereocenters. The summed E-state index contributed by atoms with van der Waals surface area (Å²) < 4.78 is 4.49. The van der Waals surface area contributed by atoms with Crippen molar-refractivity contribution in [3.8, 4) is 0 Å². The monoisotopic (exact) mass is 305 g/mol. The van der Waals surface area contributed by atoms with Crippen molar-refractivity contribution in [3.05, 3.63) is 46.7 Å². The fourth-order valence-corrected chi connectivity index (χ4v) is 2.35. The molecule has 0 saturated heterocycles. The Morgan fingerprint density at radius 1 is 1.14 bits per heavy atom. The summed E-state index contributed by atoms with van der Waals surface area (Å²) in [6, 6.07) is 9.62. The number of thiophene rings is 1. The maximum atomic E-state index is 12.0. The Morgan fingerprint density at radius 2 is 1.76 bits per heavy atom. The molecule has 0 aliphatic heterocycles. The number of benzene rings is 1. The molecule has 2 aromatic rings. The van der Waals surface area contributed by atoms with Gasteiger partial charge in [0, 0.05) is 16.3 Å². The van der Waals surface area contributed by atoms with Crippen LogP contribution in [0.15, 0.2) is 41.8 Å². The molecule has 0 radical (unpaired) electrons. The van der Waals surface area contributed by atoms with E-state index in [0.717, 1.165) is 4.88 Å². The molecule has 0 aliphatic carbocycles. The molecule has 1 unspecified atom stereocenters. The van der Waals surface area contributed by atoms with Crippen molar-refractivity contribution < 1.29 is 14.3 Å². The van der Waals surface area contributed by atoms with Crippen LogP contribution in [0.1, 0.15) is 10.9 Å². The lowest BCUT2D eigenvalue weighted by Gasteiger charge is -2.11. The summed E-state index contributed by atoms with van der Waals surface area (Å²) in [5.41, 5.74) is 7.04. The zero-order valence-electron chi connectivity index (χ0n) is 11.3. The minimum Gasteiger partial charge on any atom is -0.453 e. The normalized spacial score (nSPS) is 11.5. The fourth-order valence-electron chi connectivity index (χ4n) is 1.62. The third kappa shape index (κ3) is 4.04. The molecular formula is C14H15N3O3S. The number of methoxy groups -OCH3 is 1.